The summed E-state index contributed by atoms with van der Waals surface area (Å²) >= 11 is 0. The van der Waals surface area contributed by atoms with E-state index >= 15 is 0 Å². The van der Waals surface area contributed by atoms with Crippen LogP contribution in [-0.2, 0) is 26.9 Å². The molecule has 0 radical (unpaired) electrons. The molecule has 13 nitrogen and oxygen atoms in total. The molecule has 0 unspecified atom stereocenters. The molecule has 0 saturated carbocycles. The Balaban J connectivity index is 1.28. The van der Waals surface area contributed by atoms with Crippen LogP contribution in [0.5, 0.6) is 11.5 Å². The van der Waals surface area contributed by atoms with Crippen LogP contribution < -0.4 is 15.0 Å². The molecule has 3 aromatic carbocycles. The van der Waals surface area contributed by atoms with Gasteiger partial charge in [0.25, 0.3) is 0 Å². The molecule has 1 N–H and O–H groups in total. The van der Waals surface area contributed by atoms with E-state index in [2.05, 4.69) is 15.1 Å². The van der Waals surface area contributed by atoms with E-state index < -0.39 is 35.7 Å². The van der Waals surface area contributed by atoms with Crippen LogP contribution in [0, 0.1) is 0 Å². The predicted octanol–water partition coefficient (Wildman–Crippen LogP) is 3.08. The van der Waals surface area contributed by atoms with Crippen LogP contribution in [0.3, 0.4) is 0 Å². The Bertz CT molecular complexity index is 2010. The maximum absolute atomic E-state index is 13.1. The van der Waals surface area contributed by atoms with E-state index in [0.717, 1.165) is 16.7 Å². The Labute approximate surface area is 269 Å². The number of hydrogen-bond acceptors (Lipinski definition) is 10. The van der Waals surface area contributed by atoms with Crippen molar-refractivity contribution in [1.82, 2.24) is 28.7 Å². The van der Waals surface area contributed by atoms with Crippen LogP contribution in [0.25, 0.3) is 16.9 Å². The first-order valence-corrected chi connectivity index (χ1v) is 15.0. The summed E-state index contributed by atoms with van der Waals surface area (Å²) < 4.78 is 34.6. The molecule has 242 valence electrons. The highest BCUT2D eigenvalue weighted by atomic mass is 16.6. The number of rotatable bonds is 10. The van der Waals surface area contributed by atoms with Crippen molar-refractivity contribution in [3.8, 4) is 11.5 Å². The third kappa shape index (κ3) is 5.04. The molecule has 3 aromatic heterocycles. The predicted molar refractivity (Wildman–Crippen MR) is 170 cm³/mol. The van der Waals surface area contributed by atoms with Crippen LogP contribution in [0.1, 0.15) is 22.9 Å². The van der Waals surface area contributed by atoms with Crippen LogP contribution in [0.4, 0.5) is 0 Å². The third-order valence-electron chi connectivity index (χ3n) is 8.71. The molecule has 0 aliphatic carbocycles. The fraction of sp³-hybridized carbons (Fsp3) is 0.294. The van der Waals surface area contributed by atoms with E-state index in [1.165, 1.54) is 24.3 Å². The number of ether oxygens (including phenoxy) is 5. The fourth-order valence-corrected chi connectivity index (χ4v) is 6.27. The summed E-state index contributed by atoms with van der Waals surface area (Å²) in [5.41, 5.74) is 1.42. The summed E-state index contributed by atoms with van der Waals surface area (Å²) in [5, 5.41) is 15.7. The molecule has 0 bridgehead atoms. The smallest absolute Gasteiger partial charge is 0.303 e. The van der Waals surface area contributed by atoms with E-state index in [1.54, 1.807) is 30.4 Å². The molecule has 13 heteroatoms. The molecule has 47 heavy (non-hydrogen) atoms. The minimum atomic E-state index is -1.12. The van der Waals surface area contributed by atoms with Crippen molar-refractivity contribution in [2.75, 3.05) is 27.9 Å². The second-order valence-electron chi connectivity index (χ2n) is 11.3. The molecule has 6 aromatic rings. The average molecular weight is 639 g/mol. The summed E-state index contributed by atoms with van der Waals surface area (Å²) in [6.45, 7) is -0.0286. The highest BCUT2D eigenvalue weighted by Crippen LogP contribution is 2.43. The first-order valence-electron chi connectivity index (χ1n) is 15.0. The van der Waals surface area contributed by atoms with Crippen LogP contribution in [0.15, 0.2) is 96.3 Å². The molecular weight excluding hydrogens is 604 g/mol. The van der Waals surface area contributed by atoms with Gasteiger partial charge in [-0.1, -0.05) is 54.6 Å². The number of aliphatic hydroxyl groups is 1. The fourth-order valence-electron chi connectivity index (χ4n) is 6.27. The number of benzene rings is 3. The van der Waals surface area contributed by atoms with Crippen LogP contribution in [-0.4, -0.2) is 80.1 Å². The largest absolute Gasteiger partial charge is 0.497 e. The molecule has 4 atom stereocenters. The number of hydrogen-bond donors (Lipinski definition) is 1. The summed E-state index contributed by atoms with van der Waals surface area (Å²) in [4.78, 5) is 22.1. The van der Waals surface area contributed by atoms with Gasteiger partial charge in [-0.05, 0) is 41.0 Å². The number of nitrogens with zero attached hydrogens (tertiary/aromatic N) is 6. The highest BCUT2D eigenvalue weighted by molar-refractivity contribution is 5.71. The van der Waals surface area contributed by atoms with Gasteiger partial charge in [0.05, 0.1) is 27.2 Å². The highest BCUT2D eigenvalue weighted by Gasteiger charge is 2.48. The summed E-state index contributed by atoms with van der Waals surface area (Å²) in [5.74, 6) is 1.74. The third-order valence-corrected chi connectivity index (χ3v) is 8.71. The molecule has 0 spiro atoms. The van der Waals surface area contributed by atoms with Gasteiger partial charge in [-0.3, -0.25) is 9.36 Å². The van der Waals surface area contributed by atoms with Crippen molar-refractivity contribution in [2.45, 2.75) is 30.1 Å². The monoisotopic (exact) mass is 638 g/mol. The Hall–Kier alpha value is -5.08. The van der Waals surface area contributed by atoms with Gasteiger partial charge in [-0.15, -0.1) is 0 Å². The molecule has 7 rings (SSSR count). The summed E-state index contributed by atoms with van der Waals surface area (Å²) in [7, 11) is 6.48. The molecule has 1 fully saturated rings. The molecule has 1 aliphatic rings. The van der Waals surface area contributed by atoms with E-state index in [9.17, 15) is 9.90 Å². The Morgan fingerprint density at radius 2 is 1.49 bits per heavy atom. The lowest BCUT2D eigenvalue weighted by molar-refractivity contribution is -0.0948. The maximum Gasteiger partial charge on any atom is 0.303 e. The first kappa shape index (κ1) is 30.6. The van der Waals surface area contributed by atoms with Gasteiger partial charge < -0.3 is 33.4 Å². The second-order valence-corrected chi connectivity index (χ2v) is 11.3. The van der Waals surface area contributed by atoms with E-state index in [1.807, 2.05) is 78.9 Å². The Morgan fingerprint density at radius 1 is 0.872 bits per heavy atom. The van der Waals surface area contributed by atoms with Crippen LogP contribution >= 0.6 is 0 Å². The number of aryl methyl sites for hydroxylation is 1. The van der Waals surface area contributed by atoms with Gasteiger partial charge in [0.2, 0.25) is 5.78 Å². The van der Waals surface area contributed by atoms with Gasteiger partial charge in [0.1, 0.15) is 41.7 Å². The quantitative estimate of drug-likeness (QED) is 0.223. The first-order chi connectivity index (χ1) is 22.9. The number of methoxy groups -OCH3 is 3. The summed E-state index contributed by atoms with van der Waals surface area (Å²) in [6.07, 6.45) is -0.634. The van der Waals surface area contributed by atoms with Crippen LogP contribution in [0.2, 0.25) is 0 Å². The zero-order valence-electron chi connectivity index (χ0n) is 26.3. The average Bonchev–Trinajstić information content (AvgIpc) is 3.81. The topological polar surface area (TPSA) is 136 Å². The van der Waals surface area contributed by atoms with Crippen molar-refractivity contribution < 1.29 is 28.8 Å². The van der Waals surface area contributed by atoms with Crippen molar-refractivity contribution >= 4 is 16.9 Å². The molecule has 1 aliphatic heterocycles. The van der Waals surface area contributed by atoms with E-state index in [-0.39, 0.29) is 17.8 Å². The van der Waals surface area contributed by atoms with Gasteiger partial charge in [-0.25, -0.2) is 4.98 Å². The van der Waals surface area contributed by atoms with Crippen molar-refractivity contribution in [2.24, 2.45) is 7.05 Å². The zero-order valence-corrected chi connectivity index (χ0v) is 26.3. The molecule has 0 amide bonds. The lowest BCUT2D eigenvalue weighted by Gasteiger charge is -2.37. The van der Waals surface area contributed by atoms with Gasteiger partial charge in [0, 0.05) is 14.2 Å². The molecular formula is C34H34N6O7. The number of aliphatic hydroxyl groups excluding tert-OH is 1. The zero-order chi connectivity index (χ0) is 32.7. The van der Waals surface area contributed by atoms with Gasteiger partial charge >= 0.3 is 5.56 Å². The second kappa shape index (κ2) is 12.3. The van der Waals surface area contributed by atoms with E-state index in [0.29, 0.717) is 17.3 Å². The maximum atomic E-state index is 13.1. The van der Waals surface area contributed by atoms with E-state index in [4.69, 9.17) is 23.7 Å². The summed E-state index contributed by atoms with van der Waals surface area (Å²) in [6, 6.07) is 25.3. The Kier molecular flexibility index (Phi) is 7.98. The number of fused-ring (bicyclic) bond motifs is 2. The van der Waals surface area contributed by atoms with Crippen molar-refractivity contribution in [3.05, 3.63) is 119 Å². The normalized spacial score (nSPS) is 19.9. The van der Waals surface area contributed by atoms with Crippen molar-refractivity contribution in [1.29, 1.82) is 0 Å². The van der Waals surface area contributed by atoms with Gasteiger partial charge in [-0.2, -0.15) is 14.6 Å². The lowest BCUT2D eigenvalue weighted by Crippen LogP contribution is -2.40. The number of aromatic nitrogens is 6. The molecule has 4 heterocycles. The van der Waals surface area contributed by atoms with Crippen molar-refractivity contribution in [3.63, 3.8) is 0 Å². The number of imidazole rings is 1. The standard InChI is InChI=1S/C34H34N6O7/c1-38-20-36-40-31(42)27-30(37-33(38)40)39(19-35-27)32-29(45-4)28(41)26(47-32)18-46-34(21-8-6-5-7-9-21,22-10-14-24(43-2)15-11-22)23-12-16-25(44-3)17-13-23/h5-17,19-20,26,28-29,32,41H,18H2,1-4H3/t26-,28-,29-,32-/m1/s1. The minimum absolute atomic E-state index is 0.0286. The Morgan fingerprint density at radius 3 is 2.09 bits per heavy atom. The SMILES string of the molecule is COc1ccc(C(OC[C@H]2O[C@@H](n3cnc4c(=O)n5ncn(C)c5nc43)[C@H](OC)[C@@H]2O)(c2ccccc2)c2ccc(OC)cc2)cc1. The van der Waals surface area contributed by atoms with Gasteiger partial charge in [0.15, 0.2) is 17.4 Å². The molecule has 1 saturated heterocycles. The lowest BCUT2D eigenvalue weighted by atomic mass is 9.80. The minimum Gasteiger partial charge on any atom is -0.497 e.